The molecular weight excluding hydrogens is 558 g/mol. The molecule has 5 rings (SSSR count). The zero-order valence-corrected chi connectivity index (χ0v) is 26.1. The van der Waals surface area contributed by atoms with Crippen LogP contribution in [0.15, 0.2) is 60.0 Å². The lowest BCUT2D eigenvalue weighted by atomic mass is 10.0. The summed E-state index contributed by atoms with van der Waals surface area (Å²) in [7, 11) is 3.29. The fraction of sp³-hybridized carbons (Fsp3) is 0.500. The number of hydrogen-bond donors (Lipinski definition) is 3. The van der Waals surface area contributed by atoms with Crippen molar-refractivity contribution in [1.29, 1.82) is 0 Å². The molecule has 2 unspecified atom stereocenters. The zero-order valence-electron chi connectivity index (χ0n) is 26.1. The summed E-state index contributed by atoms with van der Waals surface area (Å²) in [6.45, 7) is 4.17. The molecule has 3 aliphatic rings. The van der Waals surface area contributed by atoms with Crippen molar-refractivity contribution in [1.82, 2.24) is 20.1 Å². The van der Waals surface area contributed by atoms with E-state index in [1.54, 1.807) is 33.4 Å². The van der Waals surface area contributed by atoms with Crippen molar-refractivity contribution in [3.8, 4) is 11.5 Å². The summed E-state index contributed by atoms with van der Waals surface area (Å²) >= 11 is 0. The summed E-state index contributed by atoms with van der Waals surface area (Å²) in [5.41, 5.74) is 5.15. The summed E-state index contributed by atoms with van der Waals surface area (Å²) in [5.74, 6) is 1.30. The molecule has 0 spiro atoms. The quantitative estimate of drug-likeness (QED) is 0.334. The lowest BCUT2D eigenvalue weighted by Crippen LogP contribution is -2.43. The van der Waals surface area contributed by atoms with Crippen molar-refractivity contribution in [3.05, 3.63) is 71.1 Å². The lowest BCUT2D eigenvalue weighted by Gasteiger charge is -2.32. The van der Waals surface area contributed by atoms with Crippen molar-refractivity contribution in [2.75, 3.05) is 45.7 Å². The summed E-state index contributed by atoms with van der Waals surface area (Å²) in [6.07, 6.45) is 12.8. The third-order valence-corrected chi connectivity index (χ3v) is 8.96. The molecule has 10 nitrogen and oxygen atoms in total. The summed E-state index contributed by atoms with van der Waals surface area (Å²) in [5, 5.41) is 17.5. The SMILES string of the molecule is COc1ccc(CN(CC(O)CNC(=O)c2cncc(NC3CCN(C(C)=O)CC3)c2)C2CC3=C(CCC=C3)C2)c(OC)c1. The average Bonchev–Trinajstić information content (AvgIpc) is 3.48. The van der Waals surface area contributed by atoms with Gasteiger partial charge in [0.1, 0.15) is 11.5 Å². The normalized spacial score (nSPS) is 19.1. The number of piperidine rings is 1. The first-order chi connectivity index (χ1) is 21.3. The summed E-state index contributed by atoms with van der Waals surface area (Å²) < 4.78 is 11.1. The zero-order chi connectivity index (χ0) is 31.1. The molecule has 1 aliphatic heterocycles. The van der Waals surface area contributed by atoms with Crippen LogP contribution in [0.3, 0.4) is 0 Å². The van der Waals surface area contributed by atoms with Crippen molar-refractivity contribution >= 4 is 17.5 Å². The number of carbonyl (C=O) groups is 2. The number of ether oxygens (including phenoxy) is 2. The van der Waals surface area contributed by atoms with Gasteiger partial charge in [-0.1, -0.05) is 23.8 Å². The van der Waals surface area contributed by atoms with Crippen molar-refractivity contribution in [2.24, 2.45) is 0 Å². The summed E-state index contributed by atoms with van der Waals surface area (Å²) in [4.78, 5) is 33.1. The molecular formula is C34H45N5O5. The Hall–Kier alpha value is -3.89. The third-order valence-electron chi connectivity index (χ3n) is 8.96. The molecule has 1 aromatic heterocycles. The highest BCUT2D eigenvalue weighted by Crippen LogP contribution is 2.37. The highest BCUT2D eigenvalue weighted by Gasteiger charge is 2.30. The Labute approximate surface area is 260 Å². The minimum absolute atomic E-state index is 0.103. The first kappa shape index (κ1) is 31.5. The van der Waals surface area contributed by atoms with Crippen LogP contribution in [0.5, 0.6) is 11.5 Å². The molecule has 1 aromatic carbocycles. The van der Waals surface area contributed by atoms with Crippen LogP contribution in [0.1, 0.15) is 61.4 Å². The van der Waals surface area contributed by atoms with Crippen molar-refractivity contribution < 1.29 is 24.2 Å². The number of rotatable bonds is 12. The van der Waals surface area contributed by atoms with E-state index in [2.05, 4.69) is 32.7 Å². The Bertz CT molecular complexity index is 1380. The molecule has 0 bridgehead atoms. The van der Waals surface area contributed by atoms with Gasteiger partial charge in [-0.3, -0.25) is 19.5 Å². The minimum Gasteiger partial charge on any atom is -0.497 e. The molecule has 2 amide bonds. The number of benzene rings is 1. The molecule has 10 heteroatoms. The summed E-state index contributed by atoms with van der Waals surface area (Å²) in [6, 6.07) is 8.09. The lowest BCUT2D eigenvalue weighted by molar-refractivity contribution is -0.129. The van der Waals surface area contributed by atoms with Gasteiger partial charge in [0.05, 0.1) is 31.6 Å². The third kappa shape index (κ3) is 7.98. The van der Waals surface area contributed by atoms with Gasteiger partial charge in [-0.2, -0.15) is 0 Å². The number of anilines is 1. The van der Waals surface area contributed by atoms with E-state index in [9.17, 15) is 14.7 Å². The monoisotopic (exact) mass is 603 g/mol. The van der Waals surface area contributed by atoms with Crippen LogP contribution in [0.25, 0.3) is 0 Å². The molecule has 44 heavy (non-hydrogen) atoms. The van der Waals surface area contributed by atoms with Crippen LogP contribution >= 0.6 is 0 Å². The van der Waals surface area contributed by atoms with Crippen molar-refractivity contribution in [3.63, 3.8) is 0 Å². The Balaban J connectivity index is 1.19. The van der Waals surface area contributed by atoms with Gasteiger partial charge in [-0.25, -0.2) is 0 Å². The molecule has 1 saturated heterocycles. The molecule has 2 heterocycles. The molecule has 1 fully saturated rings. The van der Waals surface area contributed by atoms with E-state index in [-0.39, 0.29) is 30.4 Å². The number of methoxy groups -OCH3 is 2. The van der Waals surface area contributed by atoms with E-state index in [1.165, 1.54) is 17.3 Å². The van der Waals surface area contributed by atoms with E-state index in [4.69, 9.17) is 9.47 Å². The molecule has 0 radical (unpaired) electrons. The fourth-order valence-corrected chi connectivity index (χ4v) is 6.49. The van der Waals surface area contributed by atoms with E-state index in [1.807, 2.05) is 23.1 Å². The number of nitrogens with one attached hydrogen (secondary N) is 2. The van der Waals surface area contributed by atoms with Crippen LogP contribution in [0.2, 0.25) is 0 Å². The maximum Gasteiger partial charge on any atom is 0.253 e. The maximum atomic E-state index is 13.1. The first-order valence-corrected chi connectivity index (χ1v) is 15.6. The van der Waals surface area contributed by atoms with Gasteiger partial charge in [-0.15, -0.1) is 0 Å². The van der Waals surface area contributed by atoms with E-state index in [0.717, 1.165) is 74.4 Å². The highest BCUT2D eigenvalue weighted by molar-refractivity contribution is 5.94. The number of likely N-dealkylation sites (tertiary alicyclic amines) is 1. The van der Waals surface area contributed by atoms with Gasteiger partial charge >= 0.3 is 0 Å². The van der Waals surface area contributed by atoms with Crippen LogP contribution in [0.4, 0.5) is 5.69 Å². The second-order valence-corrected chi connectivity index (χ2v) is 12.0. The van der Waals surface area contributed by atoms with Crippen LogP contribution in [-0.4, -0.2) is 90.3 Å². The Kier molecular flexibility index (Phi) is 10.6. The number of pyridine rings is 1. The van der Waals surface area contributed by atoms with E-state index < -0.39 is 6.10 Å². The minimum atomic E-state index is -0.767. The second-order valence-electron chi connectivity index (χ2n) is 12.0. The maximum absolute atomic E-state index is 13.1. The van der Waals surface area contributed by atoms with Crippen LogP contribution < -0.4 is 20.1 Å². The van der Waals surface area contributed by atoms with Gasteiger partial charge in [0.15, 0.2) is 0 Å². The molecule has 2 aromatic rings. The predicted molar refractivity (Wildman–Crippen MR) is 170 cm³/mol. The van der Waals surface area contributed by atoms with Crippen LogP contribution in [-0.2, 0) is 11.3 Å². The topological polar surface area (TPSA) is 116 Å². The molecule has 2 atom stereocenters. The predicted octanol–water partition coefficient (Wildman–Crippen LogP) is 3.92. The number of aliphatic hydroxyl groups excluding tert-OH is 1. The molecule has 0 saturated carbocycles. The number of aromatic nitrogens is 1. The van der Waals surface area contributed by atoms with Gasteiger partial charge in [0, 0.05) is 75.8 Å². The van der Waals surface area contributed by atoms with Gasteiger partial charge in [0.2, 0.25) is 5.91 Å². The number of allylic oxidation sites excluding steroid dienone is 2. The van der Waals surface area contributed by atoms with Gasteiger partial charge in [-0.05, 0) is 56.2 Å². The van der Waals surface area contributed by atoms with Crippen LogP contribution in [0, 0.1) is 0 Å². The number of aliphatic hydroxyl groups is 1. The smallest absolute Gasteiger partial charge is 0.253 e. The Morgan fingerprint density at radius 1 is 1.14 bits per heavy atom. The van der Waals surface area contributed by atoms with E-state index in [0.29, 0.717) is 18.7 Å². The standard InChI is InChI=1S/C34H45N5O5/c1-23(40)38-12-10-28(11-13-38)37-29-14-27(18-35-19-29)34(42)36-20-31(41)22-39(30-15-24-6-4-5-7-25(24)16-30)21-26-8-9-32(43-2)17-33(26)44-3/h4,6,8-9,14,17-19,28,30-31,37,41H,5,7,10-13,15-16,20-22H2,1-3H3,(H,36,42). The molecule has 2 aliphatic carbocycles. The highest BCUT2D eigenvalue weighted by atomic mass is 16.5. The number of carbonyl (C=O) groups excluding carboxylic acids is 2. The van der Waals surface area contributed by atoms with Gasteiger partial charge < -0.3 is 30.1 Å². The Morgan fingerprint density at radius 2 is 1.95 bits per heavy atom. The molecule has 3 N–H and O–H groups in total. The second kappa shape index (κ2) is 14.7. The number of hydrogen-bond acceptors (Lipinski definition) is 8. The Morgan fingerprint density at radius 3 is 2.68 bits per heavy atom. The van der Waals surface area contributed by atoms with Crippen molar-refractivity contribution in [2.45, 2.75) is 70.2 Å². The molecule has 236 valence electrons. The average molecular weight is 604 g/mol. The first-order valence-electron chi connectivity index (χ1n) is 15.6. The fourth-order valence-electron chi connectivity index (χ4n) is 6.49. The van der Waals surface area contributed by atoms with Gasteiger partial charge in [0.25, 0.3) is 5.91 Å². The van der Waals surface area contributed by atoms with E-state index >= 15 is 0 Å². The number of nitrogens with zero attached hydrogens (tertiary/aromatic N) is 3. The largest absolute Gasteiger partial charge is 0.497 e. The number of amides is 2.